The van der Waals surface area contributed by atoms with Gasteiger partial charge in [0.2, 0.25) is 0 Å². The molecular weight excluding hydrogens is 306 g/mol. The zero-order valence-corrected chi connectivity index (χ0v) is 12.7. The SMILES string of the molecule is [CH2]=[Zr+2]([C]1=CC=CC1)[C]1=CC(C)=CC1.[Cl-].[Cl-]. The fourth-order valence-electron chi connectivity index (χ4n) is 1.75. The molecule has 0 amide bonds. The van der Waals surface area contributed by atoms with E-state index in [0.29, 0.717) is 0 Å². The molecule has 2 rings (SSSR count). The van der Waals surface area contributed by atoms with Gasteiger partial charge in [-0.25, -0.2) is 0 Å². The Hall–Kier alpha value is 0.293. The van der Waals surface area contributed by atoms with E-state index in [1.165, 1.54) is 18.4 Å². The van der Waals surface area contributed by atoms with Crippen LogP contribution in [0.2, 0.25) is 0 Å². The van der Waals surface area contributed by atoms with Gasteiger partial charge in [0.1, 0.15) is 0 Å². The van der Waals surface area contributed by atoms with E-state index in [0.717, 1.165) is 0 Å². The van der Waals surface area contributed by atoms with E-state index < -0.39 is 21.3 Å². The quantitative estimate of drug-likeness (QED) is 0.513. The maximum Gasteiger partial charge on any atom is -1.00 e. The van der Waals surface area contributed by atoms with Gasteiger partial charge in [0.05, 0.1) is 0 Å². The van der Waals surface area contributed by atoms with E-state index in [1.807, 2.05) is 0 Å². The molecule has 2 aliphatic carbocycles. The molecule has 0 N–H and O–H groups in total. The van der Waals surface area contributed by atoms with Gasteiger partial charge in [-0.1, -0.05) is 0 Å². The molecule has 0 saturated heterocycles. The largest absolute Gasteiger partial charge is 1.00 e. The minimum atomic E-state index is -1.56. The monoisotopic (exact) mass is 318 g/mol. The Balaban J connectivity index is 0.000000980. The molecule has 0 aromatic heterocycles. The molecule has 0 nitrogen and oxygen atoms in total. The smallest absolute Gasteiger partial charge is 1.00 e. The van der Waals surface area contributed by atoms with Crippen LogP contribution in [0.3, 0.4) is 0 Å². The molecule has 2 aliphatic rings. The van der Waals surface area contributed by atoms with Crippen molar-refractivity contribution in [3.8, 4) is 0 Å². The summed E-state index contributed by atoms with van der Waals surface area (Å²) in [4.78, 5) is 0. The number of hydrogen-bond acceptors (Lipinski definition) is 0. The molecule has 0 unspecified atom stereocenters. The maximum atomic E-state index is 4.42. The van der Waals surface area contributed by atoms with Gasteiger partial charge in [-0.3, -0.25) is 0 Å². The second-order valence-corrected chi connectivity index (χ2v) is 9.13. The van der Waals surface area contributed by atoms with Crippen molar-refractivity contribution in [3.05, 3.63) is 42.5 Å². The summed E-state index contributed by atoms with van der Waals surface area (Å²) in [5.41, 5.74) is 1.43. The predicted octanol–water partition coefficient (Wildman–Crippen LogP) is -2.88. The topological polar surface area (TPSA) is 0 Å². The molecule has 3 heteroatoms. The second-order valence-electron chi connectivity index (χ2n) is 3.62. The molecule has 0 heterocycles. The van der Waals surface area contributed by atoms with Crippen LogP contribution in [-0.2, 0) is 21.3 Å². The van der Waals surface area contributed by atoms with Crippen molar-refractivity contribution in [2.75, 3.05) is 0 Å². The van der Waals surface area contributed by atoms with Gasteiger partial charge in [-0.05, 0) is 0 Å². The number of allylic oxidation sites excluding steroid dienone is 8. The van der Waals surface area contributed by atoms with Gasteiger partial charge in [-0.15, -0.1) is 0 Å². The number of hydrogen-bond donors (Lipinski definition) is 0. The van der Waals surface area contributed by atoms with Crippen LogP contribution in [0.4, 0.5) is 0 Å². The third kappa shape index (κ3) is 3.66. The van der Waals surface area contributed by atoms with Crippen LogP contribution < -0.4 is 24.8 Å². The molecule has 0 fully saturated rings. The van der Waals surface area contributed by atoms with Crippen LogP contribution in [0.1, 0.15) is 19.8 Å². The molecule has 0 aromatic carbocycles. The zero-order valence-electron chi connectivity index (χ0n) is 8.76. The third-order valence-electron chi connectivity index (χ3n) is 2.59. The van der Waals surface area contributed by atoms with Crippen molar-refractivity contribution in [1.82, 2.24) is 0 Å². The first-order valence-electron chi connectivity index (χ1n) is 4.70. The van der Waals surface area contributed by atoms with Gasteiger partial charge in [0, 0.05) is 0 Å². The van der Waals surface area contributed by atoms with E-state index in [-0.39, 0.29) is 24.8 Å². The maximum absolute atomic E-state index is 4.42. The molecule has 0 aromatic rings. The van der Waals surface area contributed by atoms with E-state index in [2.05, 4.69) is 41.5 Å². The van der Waals surface area contributed by atoms with Crippen LogP contribution >= 0.6 is 0 Å². The minimum Gasteiger partial charge on any atom is -1.00 e. The minimum absolute atomic E-state index is 0. The Morgan fingerprint density at radius 3 is 2.40 bits per heavy atom. The van der Waals surface area contributed by atoms with Crippen molar-refractivity contribution in [2.24, 2.45) is 0 Å². The van der Waals surface area contributed by atoms with Gasteiger partial charge < -0.3 is 24.8 Å². The Labute approximate surface area is 112 Å². The van der Waals surface area contributed by atoms with Gasteiger partial charge in [0.25, 0.3) is 0 Å². The number of rotatable bonds is 2. The summed E-state index contributed by atoms with van der Waals surface area (Å²) in [7, 11) is 0. The first kappa shape index (κ1) is 15.3. The van der Waals surface area contributed by atoms with Crippen molar-refractivity contribution >= 4 is 4.21 Å². The Morgan fingerprint density at radius 1 is 1.20 bits per heavy atom. The van der Waals surface area contributed by atoms with Crippen molar-refractivity contribution < 1.29 is 46.1 Å². The van der Waals surface area contributed by atoms with Crippen LogP contribution in [-0.4, -0.2) is 4.21 Å². The molecule has 0 aliphatic heterocycles. The molecule has 80 valence electrons. The summed E-state index contributed by atoms with van der Waals surface area (Å²) in [5.74, 6) is 0. The summed E-state index contributed by atoms with van der Waals surface area (Å²) < 4.78 is 7.73. The first-order valence-corrected chi connectivity index (χ1v) is 8.89. The fourth-order valence-corrected chi connectivity index (χ4v) is 6.24. The molecule has 0 saturated carbocycles. The average molecular weight is 320 g/mol. The Kier molecular flexibility index (Phi) is 6.92. The summed E-state index contributed by atoms with van der Waals surface area (Å²) in [6, 6.07) is 0. The molecule has 0 spiro atoms. The van der Waals surface area contributed by atoms with E-state index >= 15 is 0 Å². The fraction of sp³-hybridized carbons (Fsp3) is 0.250. The van der Waals surface area contributed by atoms with Crippen molar-refractivity contribution in [3.63, 3.8) is 0 Å². The van der Waals surface area contributed by atoms with E-state index in [9.17, 15) is 0 Å². The predicted molar refractivity (Wildman–Crippen MR) is 55.4 cm³/mol. The summed E-state index contributed by atoms with van der Waals surface area (Å²) in [6.07, 6.45) is 13.8. The Morgan fingerprint density at radius 2 is 1.93 bits per heavy atom. The van der Waals surface area contributed by atoms with Gasteiger partial charge in [0.15, 0.2) is 0 Å². The molecule has 0 bridgehead atoms. The third-order valence-corrected chi connectivity index (χ3v) is 8.17. The van der Waals surface area contributed by atoms with Crippen LogP contribution in [0.5, 0.6) is 0 Å². The van der Waals surface area contributed by atoms with E-state index in [1.54, 1.807) is 6.56 Å². The van der Waals surface area contributed by atoms with Crippen LogP contribution in [0, 0.1) is 0 Å². The zero-order chi connectivity index (χ0) is 9.26. The molecular formula is C12H14Cl2Zr. The molecule has 0 atom stereocenters. The summed E-state index contributed by atoms with van der Waals surface area (Å²) >= 11 is -1.56. The van der Waals surface area contributed by atoms with Crippen molar-refractivity contribution in [2.45, 2.75) is 19.8 Å². The molecule has 15 heavy (non-hydrogen) atoms. The second kappa shape index (κ2) is 6.79. The average Bonchev–Trinajstić information content (AvgIpc) is 2.72. The normalized spacial score (nSPS) is 16.7. The van der Waals surface area contributed by atoms with Crippen LogP contribution in [0.25, 0.3) is 0 Å². The first-order chi connectivity index (χ1) is 6.27. The number of halogens is 2. The Bertz CT molecular complexity index is 373. The van der Waals surface area contributed by atoms with Gasteiger partial charge >= 0.3 is 87.8 Å². The van der Waals surface area contributed by atoms with Crippen molar-refractivity contribution in [1.29, 1.82) is 0 Å². The van der Waals surface area contributed by atoms with Crippen LogP contribution in [0.15, 0.2) is 42.5 Å². The standard InChI is InChI=1S/C6H7.C5H5.CH2.2ClH.Zr/c1-6-4-2-3-5-6;1-2-4-5-3-1;;;;/h4-5H,2H2,1H3;1-3H,4H2;1H2;2*1H;/q;;;;;+2/p-2. The van der Waals surface area contributed by atoms with Gasteiger partial charge in [-0.2, -0.15) is 0 Å². The summed E-state index contributed by atoms with van der Waals surface area (Å²) in [5, 5.41) is 0. The molecule has 0 radical (unpaired) electrons. The van der Waals surface area contributed by atoms with E-state index in [4.69, 9.17) is 0 Å². The summed E-state index contributed by atoms with van der Waals surface area (Å²) in [6.45, 7) is 2.19.